The Morgan fingerprint density at radius 2 is 1.65 bits per heavy atom. The van der Waals surface area contributed by atoms with Crippen LogP contribution in [0.1, 0.15) is 43.4 Å². The van der Waals surface area contributed by atoms with Crippen LogP contribution < -0.4 is 10.6 Å². The van der Waals surface area contributed by atoms with Gasteiger partial charge in [-0.05, 0) is 30.2 Å². The van der Waals surface area contributed by atoms with Gasteiger partial charge < -0.3 is 15.7 Å². The number of rotatable bonds is 7. The van der Waals surface area contributed by atoms with E-state index < -0.39 is 17.9 Å². The fourth-order valence-electron chi connectivity index (χ4n) is 2.61. The van der Waals surface area contributed by atoms with Crippen molar-refractivity contribution in [1.29, 1.82) is 0 Å². The van der Waals surface area contributed by atoms with Gasteiger partial charge in [0.1, 0.15) is 0 Å². The minimum absolute atomic E-state index is 0.0717. The Hall–Kier alpha value is -3.15. The molecule has 2 unspecified atom stereocenters. The molecule has 26 heavy (non-hydrogen) atoms. The molecule has 0 aromatic heterocycles. The summed E-state index contributed by atoms with van der Waals surface area (Å²) in [5.41, 5.74) is 1.97. The molecule has 0 radical (unpaired) electrons. The highest BCUT2D eigenvalue weighted by atomic mass is 16.4. The zero-order chi connectivity index (χ0) is 19.1. The molecule has 0 heterocycles. The number of carboxylic acid groups (broad SMARTS) is 1. The summed E-state index contributed by atoms with van der Waals surface area (Å²) >= 11 is 0. The minimum atomic E-state index is -0.928. The molecule has 136 valence electrons. The molecule has 0 saturated heterocycles. The summed E-state index contributed by atoms with van der Waals surface area (Å²) in [4.78, 5) is 35.0. The van der Waals surface area contributed by atoms with E-state index in [1.807, 2.05) is 30.3 Å². The Kier molecular flexibility index (Phi) is 6.49. The molecule has 6 nitrogen and oxygen atoms in total. The molecule has 2 amide bonds. The predicted octanol–water partition coefficient (Wildman–Crippen LogP) is 3.08. The molecule has 0 aliphatic carbocycles. The Balaban J connectivity index is 2.09. The maximum Gasteiger partial charge on any atom is 0.310 e. The van der Waals surface area contributed by atoms with Gasteiger partial charge >= 0.3 is 5.97 Å². The van der Waals surface area contributed by atoms with Crippen LogP contribution in [0.4, 0.5) is 5.69 Å². The van der Waals surface area contributed by atoms with Crippen LogP contribution >= 0.6 is 0 Å². The molecule has 6 heteroatoms. The Morgan fingerprint density at radius 1 is 1.00 bits per heavy atom. The van der Waals surface area contributed by atoms with E-state index in [9.17, 15) is 14.4 Å². The molecule has 2 rings (SSSR count). The van der Waals surface area contributed by atoms with Gasteiger partial charge in [0.15, 0.2) is 0 Å². The van der Waals surface area contributed by atoms with E-state index in [1.165, 1.54) is 6.92 Å². The van der Waals surface area contributed by atoms with Crippen molar-refractivity contribution >= 4 is 23.5 Å². The van der Waals surface area contributed by atoms with E-state index in [4.69, 9.17) is 5.11 Å². The van der Waals surface area contributed by atoms with Crippen molar-refractivity contribution in [3.63, 3.8) is 0 Å². The molecular formula is C20H22N2O4. The van der Waals surface area contributed by atoms with Gasteiger partial charge in [0.2, 0.25) is 11.8 Å². The van der Waals surface area contributed by atoms with Gasteiger partial charge in [-0.15, -0.1) is 0 Å². The lowest BCUT2D eigenvalue weighted by Gasteiger charge is -2.18. The lowest BCUT2D eigenvalue weighted by molar-refractivity contribution is -0.138. The molecule has 3 N–H and O–H groups in total. The van der Waals surface area contributed by atoms with Crippen molar-refractivity contribution < 1.29 is 19.5 Å². The summed E-state index contributed by atoms with van der Waals surface area (Å²) in [6, 6.07) is 15.6. The number of nitrogens with one attached hydrogen (secondary N) is 2. The average molecular weight is 354 g/mol. The maximum atomic E-state index is 12.4. The summed E-state index contributed by atoms with van der Waals surface area (Å²) in [5.74, 6) is -2.08. The van der Waals surface area contributed by atoms with Gasteiger partial charge in [0.05, 0.1) is 18.4 Å². The van der Waals surface area contributed by atoms with E-state index >= 15 is 0 Å². The van der Waals surface area contributed by atoms with Crippen LogP contribution in [0.2, 0.25) is 0 Å². The van der Waals surface area contributed by atoms with Gasteiger partial charge in [-0.1, -0.05) is 42.5 Å². The second-order valence-electron chi connectivity index (χ2n) is 6.10. The maximum absolute atomic E-state index is 12.4. The van der Waals surface area contributed by atoms with Crippen LogP contribution in [0.5, 0.6) is 0 Å². The van der Waals surface area contributed by atoms with E-state index in [-0.39, 0.29) is 18.2 Å². The number of hydrogen-bond donors (Lipinski definition) is 3. The van der Waals surface area contributed by atoms with Crippen molar-refractivity contribution in [2.24, 2.45) is 0 Å². The SMILES string of the molecule is CC(=O)NC(CC(=O)Nc1cccc(C(C)C(=O)O)c1)c1ccccc1. The predicted molar refractivity (Wildman–Crippen MR) is 98.7 cm³/mol. The third kappa shape index (κ3) is 5.44. The third-order valence-electron chi connectivity index (χ3n) is 4.01. The Labute approximate surface area is 152 Å². The largest absolute Gasteiger partial charge is 0.481 e. The van der Waals surface area contributed by atoms with Gasteiger partial charge in [-0.25, -0.2) is 0 Å². The number of carbonyl (C=O) groups excluding carboxylic acids is 2. The van der Waals surface area contributed by atoms with Crippen LogP contribution in [0.3, 0.4) is 0 Å². The van der Waals surface area contributed by atoms with Crippen LogP contribution in [-0.4, -0.2) is 22.9 Å². The highest BCUT2D eigenvalue weighted by molar-refractivity contribution is 5.92. The molecule has 0 aliphatic rings. The lowest BCUT2D eigenvalue weighted by Crippen LogP contribution is -2.29. The second-order valence-corrected chi connectivity index (χ2v) is 6.10. The normalized spacial score (nSPS) is 12.7. The number of amides is 2. The smallest absolute Gasteiger partial charge is 0.310 e. The number of carbonyl (C=O) groups is 3. The molecule has 2 atom stereocenters. The number of carboxylic acids is 1. The summed E-state index contributed by atoms with van der Waals surface area (Å²) in [6.45, 7) is 3.00. The van der Waals surface area contributed by atoms with Crippen molar-refractivity contribution in [2.75, 3.05) is 5.32 Å². The molecule has 0 spiro atoms. The van der Waals surface area contributed by atoms with Gasteiger partial charge in [-0.2, -0.15) is 0 Å². The quantitative estimate of drug-likeness (QED) is 0.712. The van der Waals surface area contributed by atoms with Crippen LogP contribution in [0, 0.1) is 0 Å². The molecule has 0 aliphatic heterocycles. The van der Waals surface area contributed by atoms with Crippen LogP contribution in [-0.2, 0) is 14.4 Å². The summed E-state index contributed by atoms with van der Waals surface area (Å²) < 4.78 is 0. The minimum Gasteiger partial charge on any atom is -0.481 e. The summed E-state index contributed by atoms with van der Waals surface area (Å²) in [6.07, 6.45) is 0.0717. The van der Waals surface area contributed by atoms with Crippen LogP contribution in [0.25, 0.3) is 0 Å². The van der Waals surface area contributed by atoms with E-state index in [2.05, 4.69) is 10.6 Å². The van der Waals surface area contributed by atoms with Crippen molar-refractivity contribution in [2.45, 2.75) is 32.2 Å². The molecule has 2 aromatic rings. The monoisotopic (exact) mass is 354 g/mol. The van der Waals surface area contributed by atoms with Crippen molar-refractivity contribution in [1.82, 2.24) is 5.32 Å². The highest BCUT2D eigenvalue weighted by Crippen LogP contribution is 2.21. The van der Waals surface area contributed by atoms with Crippen molar-refractivity contribution in [3.05, 3.63) is 65.7 Å². The fourth-order valence-corrected chi connectivity index (χ4v) is 2.61. The topological polar surface area (TPSA) is 95.5 Å². The molecular weight excluding hydrogens is 332 g/mol. The molecule has 2 aromatic carbocycles. The molecule has 0 saturated carbocycles. The molecule has 0 bridgehead atoms. The first-order valence-electron chi connectivity index (χ1n) is 8.31. The molecule has 0 fully saturated rings. The highest BCUT2D eigenvalue weighted by Gasteiger charge is 2.18. The first kappa shape index (κ1) is 19.2. The third-order valence-corrected chi connectivity index (χ3v) is 4.01. The van der Waals surface area contributed by atoms with Crippen molar-refractivity contribution in [3.8, 4) is 0 Å². The Bertz CT molecular complexity index is 789. The van der Waals surface area contributed by atoms with E-state index in [0.717, 1.165) is 5.56 Å². The fraction of sp³-hybridized carbons (Fsp3) is 0.250. The summed E-state index contributed by atoms with van der Waals surface area (Å²) in [7, 11) is 0. The zero-order valence-corrected chi connectivity index (χ0v) is 14.7. The first-order valence-corrected chi connectivity index (χ1v) is 8.31. The average Bonchev–Trinajstić information content (AvgIpc) is 2.61. The second kappa shape index (κ2) is 8.80. The number of anilines is 1. The number of benzene rings is 2. The Morgan fingerprint density at radius 3 is 2.27 bits per heavy atom. The van der Waals surface area contributed by atoms with E-state index in [1.54, 1.807) is 31.2 Å². The van der Waals surface area contributed by atoms with E-state index in [0.29, 0.717) is 11.3 Å². The number of hydrogen-bond acceptors (Lipinski definition) is 3. The standard InChI is InChI=1S/C20H22N2O4/c1-13(20(25)26)16-9-6-10-17(11-16)22-19(24)12-18(21-14(2)23)15-7-4-3-5-8-15/h3-11,13,18H,12H2,1-2H3,(H,21,23)(H,22,24)(H,25,26). The van der Waals surface area contributed by atoms with Crippen LogP contribution in [0.15, 0.2) is 54.6 Å². The summed E-state index contributed by atoms with van der Waals surface area (Å²) in [5, 5.41) is 14.7. The lowest BCUT2D eigenvalue weighted by atomic mass is 10.0. The van der Waals surface area contributed by atoms with Gasteiger partial charge in [0, 0.05) is 12.6 Å². The zero-order valence-electron chi connectivity index (χ0n) is 14.7. The van der Waals surface area contributed by atoms with Gasteiger partial charge in [0.25, 0.3) is 0 Å². The van der Waals surface area contributed by atoms with Gasteiger partial charge in [-0.3, -0.25) is 14.4 Å². The number of aliphatic carboxylic acids is 1. The first-order chi connectivity index (χ1) is 12.4.